The third-order valence-electron chi connectivity index (χ3n) is 3.63. The second-order valence-electron chi connectivity index (χ2n) is 5.31. The van der Waals surface area contributed by atoms with E-state index in [9.17, 15) is 0 Å². The molecule has 0 saturated carbocycles. The number of methoxy groups -OCH3 is 1. The van der Waals surface area contributed by atoms with E-state index in [-0.39, 0.29) is 0 Å². The summed E-state index contributed by atoms with van der Waals surface area (Å²) in [5, 5.41) is 6.81. The molecule has 2 rings (SSSR count). The van der Waals surface area contributed by atoms with Gasteiger partial charge in [-0.25, -0.2) is 0 Å². The normalized spacial score (nSPS) is 18.6. The van der Waals surface area contributed by atoms with Crippen LogP contribution in [0.5, 0.6) is 0 Å². The molecule has 1 heterocycles. The Kier molecular flexibility index (Phi) is 6.99. The van der Waals surface area contributed by atoms with Crippen LogP contribution in [0.25, 0.3) is 0 Å². The number of benzene rings is 1. The van der Waals surface area contributed by atoms with Gasteiger partial charge in [0.1, 0.15) is 0 Å². The van der Waals surface area contributed by atoms with Crippen LogP contribution < -0.4 is 15.5 Å². The number of nitrogens with zero attached hydrogens (tertiary/aromatic N) is 2. The van der Waals surface area contributed by atoms with Crippen LogP contribution in [-0.4, -0.2) is 51.9 Å². The first-order chi connectivity index (χ1) is 10.7. The van der Waals surface area contributed by atoms with Gasteiger partial charge in [-0.3, -0.25) is 4.99 Å². The van der Waals surface area contributed by atoms with E-state index in [4.69, 9.17) is 4.74 Å². The molecule has 1 aromatic carbocycles. The number of rotatable bonds is 6. The van der Waals surface area contributed by atoms with Gasteiger partial charge in [-0.05, 0) is 37.6 Å². The molecular formula is C16H25BrN4O. The summed E-state index contributed by atoms with van der Waals surface area (Å²) in [6, 6.07) is 8.91. The number of hydrogen-bond acceptors (Lipinski definition) is 3. The van der Waals surface area contributed by atoms with Crippen molar-refractivity contribution in [1.82, 2.24) is 10.6 Å². The largest absolute Gasteiger partial charge is 0.383 e. The van der Waals surface area contributed by atoms with Gasteiger partial charge in [-0.1, -0.05) is 15.9 Å². The Morgan fingerprint density at radius 3 is 2.86 bits per heavy atom. The Labute approximate surface area is 141 Å². The van der Waals surface area contributed by atoms with Gasteiger partial charge in [0.2, 0.25) is 0 Å². The first-order valence-corrected chi connectivity index (χ1v) is 8.56. The molecule has 6 heteroatoms. The highest BCUT2D eigenvalue weighted by Gasteiger charge is 2.23. The van der Waals surface area contributed by atoms with Gasteiger partial charge in [0.15, 0.2) is 5.96 Å². The summed E-state index contributed by atoms with van der Waals surface area (Å²) >= 11 is 3.48. The van der Waals surface area contributed by atoms with Crippen molar-refractivity contribution in [3.8, 4) is 0 Å². The summed E-state index contributed by atoms with van der Waals surface area (Å²) in [5.41, 5.74) is 1.27. The number of ether oxygens (including phenoxy) is 1. The fraction of sp³-hybridized carbons (Fsp3) is 0.562. The van der Waals surface area contributed by atoms with Crippen molar-refractivity contribution in [3.63, 3.8) is 0 Å². The molecule has 1 fully saturated rings. The maximum Gasteiger partial charge on any atom is 0.191 e. The summed E-state index contributed by atoms with van der Waals surface area (Å²) in [6.07, 6.45) is 1.12. The molecule has 22 heavy (non-hydrogen) atoms. The zero-order valence-electron chi connectivity index (χ0n) is 13.3. The molecule has 1 aromatic rings. The van der Waals surface area contributed by atoms with Gasteiger partial charge in [0.25, 0.3) is 0 Å². The summed E-state index contributed by atoms with van der Waals surface area (Å²) in [7, 11) is 1.70. The lowest BCUT2D eigenvalue weighted by Gasteiger charge is -2.20. The topological polar surface area (TPSA) is 48.9 Å². The third-order valence-corrected chi connectivity index (χ3v) is 4.16. The molecule has 1 unspecified atom stereocenters. The van der Waals surface area contributed by atoms with E-state index >= 15 is 0 Å². The monoisotopic (exact) mass is 368 g/mol. The average Bonchev–Trinajstić information content (AvgIpc) is 2.97. The molecule has 0 radical (unpaired) electrons. The molecular weight excluding hydrogens is 344 g/mol. The minimum atomic E-state index is 0.420. The lowest BCUT2D eigenvalue weighted by molar-refractivity contribution is 0.208. The standard InChI is InChI=1S/C16H25BrN4O/c1-3-18-16(19-9-11-22-2)20-14-8-10-21(12-14)15-6-4-13(17)5-7-15/h4-7,14H,3,8-12H2,1-2H3,(H2,18,19,20). The fourth-order valence-corrected chi connectivity index (χ4v) is 2.79. The first kappa shape index (κ1) is 17.1. The number of nitrogens with one attached hydrogen (secondary N) is 2. The maximum absolute atomic E-state index is 5.05. The van der Waals surface area contributed by atoms with Crippen molar-refractivity contribution in [2.75, 3.05) is 44.8 Å². The minimum absolute atomic E-state index is 0.420. The van der Waals surface area contributed by atoms with Gasteiger partial charge >= 0.3 is 0 Å². The van der Waals surface area contributed by atoms with E-state index in [0.29, 0.717) is 19.2 Å². The van der Waals surface area contributed by atoms with Crippen LogP contribution in [0.4, 0.5) is 5.69 Å². The predicted molar refractivity (Wildman–Crippen MR) is 95.8 cm³/mol. The quantitative estimate of drug-likeness (QED) is 0.459. The Bertz CT molecular complexity index is 478. The second kappa shape index (κ2) is 9.00. The van der Waals surface area contributed by atoms with Crippen LogP contribution in [0, 0.1) is 0 Å². The number of guanidine groups is 1. The van der Waals surface area contributed by atoms with Gasteiger partial charge in [0.05, 0.1) is 13.2 Å². The molecule has 1 atom stereocenters. The molecule has 0 aliphatic carbocycles. The van der Waals surface area contributed by atoms with Crippen molar-refractivity contribution in [3.05, 3.63) is 28.7 Å². The lowest BCUT2D eigenvalue weighted by Crippen LogP contribution is -2.44. The van der Waals surface area contributed by atoms with Crippen molar-refractivity contribution >= 4 is 27.6 Å². The summed E-state index contributed by atoms with van der Waals surface area (Å²) in [4.78, 5) is 6.93. The van der Waals surface area contributed by atoms with Crippen LogP contribution in [-0.2, 0) is 4.74 Å². The van der Waals surface area contributed by atoms with Gasteiger partial charge < -0.3 is 20.3 Å². The van der Waals surface area contributed by atoms with E-state index in [0.717, 1.165) is 36.5 Å². The summed E-state index contributed by atoms with van der Waals surface area (Å²) in [6.45, 7) is 6.33. The Morgan fingerprint density at radius 2 is 2.18 bits per heavy atom. The van der Waals surface area contributed by atoms with Gasteiger partial charge in [-0.2, -0.15) is 0 Å². The highest BCUT2D eigenvalue weighted by atomic mass is 79.9. The van der Waals surface area contributed by atoms with Crippen LogP contribution in [0.2, 0.25) is 0 Å². The van der Waals surface area contributed by atoms with E-state index in [1.165, 1.54) is 5.69 Å². The summed E-state index contributed by atoms with van der Waals surface area (Å²) < 4.78 is 6.17. The van der Waals surface area contributed by atoms with Crippen LogP contribution in [0.15, 0.2) is 33.7 Å². The molecule has 0 spiro atoms. The zero-order chi connectivity index (χ0) is 15.8. The van der Waals surface area contributed by atoms with Crippen LogP contribution in [0.3, 0.4) is 0 Å². The summed E-state index contributed by atoms with van der Waals surface area (Å²) in [5.74, 6) is 0.877. The van der Waals surface area contributed by atoms with Crippen LogP contribution >= 0.6 is 15.9 Å². The Balaban J connectivity index is 1.88. The van der Waals surface area contributed by atoms with Crippen molar-refractivity contribution in [1.29, 1.82) is 0 Å². The van der Waals surface area contributed by atoms with E-state index < -0.39 is 0 Å². The molecule has 122 valence electrons. The van der Waals surface area contributed by atoms with Crippen molar-refractivity contribution in [2.45, 2.75) is 19.4 Å². The average molecular weight is 369 g/mol. The third kappa shape index (κ3) is 5.18. The predicted octanol–water partition coefficient (Wildman–Crippen LogP) is 2.23. The van der Waals surface area contributed by atoms with E-state index in [1.54, 1.807) is 7.11 Å². The SMILES string of the molecule is CCNC(=NCCOC)NC1CCN(c2ccc(Br)cc2)C1. The molecule has 1 saturated heterocycles. The van der Waals surface area contributed by atoms with Crippen LogP contribution in [0.1, 0.15) is 13.3 Å². The molecule has 1 aliphatic heterocycles. The first-order valence-electron chi connectivity index (χ1n) is 7.77. The molecule has 2 N–H and O–H groups in total. The minimum Gasteiger partial charge on any atom is -0.383 e. The maximum atomic E-state index is 5.05. The number of hydrogen-bond donors (Lipinski definition) is 2. The van der Waals surface area contributed by atoms with E-state index in [2.05, 4.69) is 67.6 Å². The fourth-order valence-electron chi connectivity index (χ4n) is 2.53. The Morgan fingerprint density at radius 1 is 1.41 bits per heavy atom. The van der Waals surface area contributed by atoms with Crippen molar-refractivity contribution in [2.24, 2.45) is 4.99 Å². The molecule has 0 aromatic heterocycles. The highest BCUT2D eigenvalue weighted by Crippen LogP contribution is 2.22. The number of halogens is 1. The smallest absolute Gasteiger partial charge is 0.191 e. The van der Waals surface area contributed by atoms with Gasteiger partial charge in [-0.15, -0.1) is 0 Å². The van der Waals surface area contributed by atoms with Crippen molar-refractivity contribution < 1.29 is 4.74 Å². The second-order valence-corrected chi connectivity index (χ2v) is 6.22. The highest BCUT2D eigenvalue weighted by molar-refractivity contribution is 9.10. The van der Waals surface area contributed by atoms with E-state index in [1.807, 2.05) is 0 Å². The number of anilines is 1. The molecule has 0 amide bonds. The number of aliphatic imine (C=N–C) groups is 1. The van der Waals surface area contributed by atoms with Gasteiger partial charge in [0, 0.05) is 42.9 Å². The lowest BCUT2D eigenvalue weighted by atomic mass is 10.3. The molecule has 5 nitrogen and oxygen atoms in total. The Hall–Kier alpha value is -1.27. The zero-order valence-corrected chi connectivity index (χ0v) is 14.9. The molecule has 0 bridgehead atoms. The molecule has 1 aliphatic rings.